The second-order valence-corrected chi connectivity index (χ2v) is 9.60. The number of likely N-dealkylation sites (tertiary alicyclic amines) is 1. The fourth-order valence-corrected chi connectivity index (χ4v) is 5.02. The predicted octanol–water partition coefficient (Wildman–Crippen LogP) is 4.55. The maximum Gasteiger partial charge on any atom is 0.254 e. The van der Waals surface area contributed by atoms with Crippen LogP contribution in [0.2, 0.25) is 0 Å². The van der Waals surface area contributed by atoms with Crippen molar-refractivity contribution >= 4 is 11.6 Å². The van der Waals surface area contributed by atoms with Crippen molar-refractivity contribution in [1.82, 2.24) is 9.80 Å². The lowest BCUT2D eigenvalue weighted by Gasteiger charge is -2.45. The second kappa shape index (κ2) is 11.4. The number of ether oxygens (including phenoxy) is 1. The van der Waals surface area contributed by atoms with E-state index >= 15 is 0 Å². The monoisotopic (exact) mass is 460 g/mol. The number of nitriles is 1. The molecule has 6 heteroatoms. The molecule has 1 amide bonds. The molecule has 2 aliphatic heterocycles. The minimum absolute atomic E-state index is 0.0248. The minimum Gasteiger partial charge on any atom is -0.494 e. The number of carbonyl (C=O) groups is 1. The molecule has 0 saturated carbocycles. The molecule has 6 nitrogen and oxygen atoms in total. The van der Waals surface area contributed by atoms with Crippen LogP contribution in [0.1, 0.15) is 55.5 Å². The van der Waals surface area contributed by atoms with E-state index in [-0.39, 0.29) is 18.0 Å². The van der Waals surface area contributed by atoms with Gasteiger partial charge in [-0.2, -0.15) is 5.26 Å². The standard InChI is InChI=1S/C28H36N4O2/c1-22-21-32(28(33)25-9-7-24(19-29)8-10-25)23(2)20-31(22)26-11-13-27(14-12-26)34-18-6-17-30-15-4-3-5-16-30/h7-14,22-23H,3-6,15-18,20-21H2,1-2H3/t22-,23+/m1/s1. The normalized spacial score (nSPS) is 21.2. The van der Waals surface area contributed by atoms with E-state index in [1.54, 1.807) is 24.3 Å². The molecule has 0 radical (unpaired) electrons. The summed E-state index contributed by atoms with van der Waals surface area (Å²) in [6.45, 7) is 10.0. The van der Waals surface area contributed by atoms with E-state index in [0.29, 0.717) is 17.7 Å². The lowest BCUT2D eigenvalue weighted by molar-refractivity contribution is 0.0645. The molecule has 0 spiro atoms. The number of benzene rings is 2. The first kappa shape index (κ1) is 24.1. The van der Waals surface area contributed by atoms with Gasteiger partial charge in [-0.1, -0.05) is 6.42 Å². The molecule has 0 aromatic heterocycles. The van der Waals surface area contributed by atoms with Gasteiger partial charge >= 0.3 is 0 Å². The topological polar surface area (TPSA) is 59.8 Å². The summed E-state index contributed by atoms with van der Waals surface area (Å²) in [4.78, 5) is 19.9. The van der Waals surface area contributed by atoms with Gasteiger partial charge in [0.1, 0.15) is 5.75 Å². The zero-order valence-electron chi connectivity index (χ0n) is 20.4. The number of piperidine rings is 1. The van der Waals surface area contributed by atoms with Crippen LogP contribution in [-0.4, -0.2) is 67.1 Å². The number of anilines is 1. The van der Waals surface area contributed by atoms with Gasteiger partial charge in [0.15, 0.2) is 0 Å². The number of rotatable bonds is 7. The highest BCUT2D eigenvalue weighted by Crippen LogP contribution is 2.26. The quantitative estimate of drug-likeness (QED) is 0.567. The summed E-state index contributed by atoms with van der Waals surface area (Å²) in [5, 5.41) is 8.99. The van der Waals surface area contributed by atoms with E-state index in [0.717, 1.165) is 37.6 Å². The van der Waals surface area contributed by atoms with Crippen molar-refractivity contribution in [3.05, 3.63) is 59.7 Å². The SMILES string of the molecule is C[C@@H]1CN(C(=O)c2ccc(C#N)cc2)[C@@H](C)CN1c1ccc(OCCCN2CCCCC2)cc1. The Bertz CT molecular complexity index is 977. The molecule has 2 fully saturated rings. The Balaban J connectivity index is 1.29. The van der Waals surface area contributed by atoms with Gasteiger partial charge < -0.3 is 19.4 Å². The molecule has 2 saturated heterocycles. The highest BCUT2D eigenvalue weighted by atomic mass is 16.5. The average molecular weight is 461 g/mol. The average Bonchev–Trinajstić information content (AvgIpc) is 2.88. The number of amides is 1. The van der Waals surface area contributed by atoms with E-state index in [1.165, 1.54) is 32.4 Å². The molecule has 2 atom stereocenters. The first-order valence-corrected chi connectivity index (χ1v) is 12.6. The maximum absolute atomic E-state index is 13.1. The smallest absolute Gasteiger partial charge is 0.254 e. The van der Waals surface area contributed by atoms with Gasteiger partial charge in [0, 0.05) is 43.0 Å². The van der Waals surface area contributed by atoms with Crippen LogP contribution in [-0.2, 0) is 0 Å². The van der Waals surface area contributed by atoms with Crippen molar-refractivity contribution in [2.45, 2.75) is 51.6 Å². The Morgan fingerprint density at radius 1 is 0.971 bits per heavy atom. The van der Waals surface area contributed by atoms with E-state index in [2.05, 4.69) is 54.0 Å². The molecule has 4 rings (SSSR count). The van der Waals surface area contributed by atoms with Crippen molar-refractivity contribution in [1.29, 1.82) is 5.26 Å². The Kier molecular flexibility index (Phi) is 8.08. The van der Waals surface area contributed by atoms with Crippen LogP contribution in [0.3, 0.4) is 0 Å². The Hall–Kier alpha value is -3.04. The molecule has 2 aromatic carbocycles. The molecule has 2 heterocycles. The van der Waals surface area contributed by atoms with Crippen LogP contribution in [0.5, 0.6) is 5.75 Å². The fraction of sp³-hybridized carbons (Fsp3) is 0.500. The van der Waals surface area contributed by atoms with Gasteiger partial charge in [-0.05, 0) is 94.7 Å². The van der Waals surface area contributed by atoms with Crippen LogP contribution in [0.4, 0.5) is 5.69 Å². The predicted molar refractivity (Wildman–Crippen MR) is 135 cm³/mol. The first-order chi connectivity index (χ1) is 16.5. The van der Waals surface area contributed by atoms with E-state index in [4.69, 9.17) is 10.00 Å². The fourth-order valence-electron chi connectivity index (χ4n) is 5.02. The number of piperazine rings is 1. The molecular weight excluding hydrogens is 424 g/mol. The zero-order valence-corrected chi connectivity index (χ0v) is 20.4. The molecule has 0 bridgehead atoms. The van der Waals surface area contributed by atoms with Crippen molar-refractivity contribution in [3.8, 4) is 11.8 Å². The Morgan fingerprint density at radius 3 is 2.35 bits per heavy atom. The van der Waals surface area contributed by atoms with Crippen LogP contribution in [0.25, 0.3) is 0 Å². The Labute approximate surface area is 203 Å². The van der Waals surface area contributed by atoms with Crippen LogP contribution in [0, 0.1) is 11.3 Å². The summed E-state index contributed by atoms with van der Waals surface area (Å²) in [6.07, 6.45) is 5.10. The molecule has 0 aliphatic carbocycles. The number of carbonyl (C=O) groups excluding carboxylic acids is 1. The highest BCUT2D eigenvalue weighted by Gasteiger charge is 2.32. The molecule has 34 heavy (non-hydrogen) atoms. The van der Waals surface area contributed by atoms with Crippen molar-refractivity contribution < 1.29 is 9.53 Å². The van der Waals surface area contributed by atoms with Crippen molar-refractivity contribution in [2.75, 3.05) is 44.2 Å². The lowest BCUT2D eigenvalue weighted by Crippen LogP contribution is -2.58. The second-order valence-electron chi connectivity index (χ2n) is 9.60. The summed E-state index contributed by atoms with van der Waals surface area (Å²) in [7, 11) is 0. The molecule has 0 unspecified atom stereocenters. The van der Waals surface area contributed by atoms with Crippen molar-refractivity contribution in [3.63, 3.8) is 0 Å². The molecule has 2 aromatic rings. The molecule has 0 N–H and O–H groups in total. The lowest BCUT2D eigenvalue weighted by atomic mass is 10.0. The third-order valence-electron chi connectivity index (χ3n) is 7.01. The third-order valence-corrected chi connectivity index (χ3v) is 7.01. The molecule has 2 aliphatic rings. The summed E-state index contributed by atoms with van der Waals surface area (Å²) in [5.74, 6) is 0.939. The zero-order chi connectivity index (χ0) is 23.9. The van der Waals surface area contributed by atoms with Gasteiger partial charge in [-0.3, -0.25) is 4.79 Å². The van der Waals surface area contributed by atoms with E-state index in [9.17, 15) is 4.79 Å². The summed E-state index contributed by atoms with van der Waals surface area (Å²) in [6, 6.07) is 17.7. The number of nitrogens with zero attached hydrogens (tertiary/aromatic N) is 4. The summed E-state index contributed by atoms with van der Waals surface area (Å²) in [5.41, 5.74) is 2.36. The van der Waals surface area contributed by atoms with E-state index < -0.39 is 0 Å². The van der Waals surface area contributed by atoms with Crippen molar-refractivity contribution in [2.24, 2.45) is 0 Å². The first-order valence-electron chi connectivity index (χ1n) is 12.6. The van der Waals surface area contributed by atoms with Crippen LogP contribution >= 0.6 is 0 Å². The minimum atomic E-state index is 0.0248. The summed E-state index contributed by atoms with van der Waals surface area (Å²) >= 11 is 0. The largest absolute Gasteiger partial charge is 0.494 e. The van der Waals surface area contributed by atoms with Crippen LogP contribution in [0.15, 0.2) is 48.5 Å². The van der Waals surface area contributed by atoms with Gasteiger partial charge in [-0.25, -0.2) is 0 Å². The number of hydrogen-bond donors (Lipinski definition) is 0. The van der Waals surface area contributed by atoms with E-state index in [1.807, 2.05) is 4.90 Å². The van der Waals surface area contributed by atoms with Gasteiger partial charge in [0.2, 0.25) is 0 Å². The van der Waals surface area contributed by atoms with Gasteiger partial charge in [0.05, 0.1) is 18.2 Å². The molecular formula is C28H36N4O2. The summed E-state index contributed by atoms with van der Waals surface area (Å²) < 4.78 is 5.98. The maximum atomic E-state index is 13.1. The number of hydrogen-bond acceptors (Lipinski definition) is 5. The third kappa shape index (κ3) is 5.90. The Morgan fingerprint density at radius 2 is 1.68 bits per heavy atom. The van der Waals surface area contributed by atoms with Gasteiger partial charge in [0.25, 0.3) is 5.91 Å². The van der Waals surface area contributed by atoms with Gasteiger partial charge in [-0.15, -0.1) is 0 Å². The highest BCUT2D eigenvalue weighted by molar-refractivity contribution is 5.94. The molecule has 180 valence electrons. The van der Waals surface area contributed by atoms with Crippen LogP contribution < -0.4 is 9.64 Å².